The summed E-state index contributed by atoms with van der Waals surface area (Å²) in [6, 6.07) is 13.0. The number of benzene rings is 1. The van der Waals surface area contributed by atoms with Crippen molar-refractivity contribution in [2.75, 3.05) is 6.54 Å². The first kappa shape index (κ1) is 8.80. The average molecular weight is 160 g/mol. The Morgan fingerprint density at radius 3 is 2.50 bits per heavy atom. The third-order valence-electron chi connectivity index (χ3n) is 1.44. The van der Waals surface area contributed by atoms with E-state index >= 15 is 0 Å². The molecule has 1 aromatic carbocycles. The first-order valence-corrected chi connectivity index (χ1v) is 4.26. The maximum Gasteiger partial charge on any atom is 0.311 e. The monoisotopic (exact) mass is 160 g/mol. The van der Waals surface area contributed by atoms with Crippen molar-refractivity contribution in [3.05, 3.63) is 40.7 Å². The van der Waals surface area contributed by atoms with E-state index in [4.69, 9.17) is 0 Å². The second kappa shape index (κ2) is 4.56. The standard InChI is InChI=1S/C11H14N/c1-10(2)8-12-9-11-6-4-3-5-7-11/h3-7,10H,8H2,1-2H3/q+1. The molecule has 0 N–H and O–H groups in total. The summed E-state index contributed by atoms with van der Waals surface area (Å²) in [6.07, 6.45) is 0. The summed E-state index contributed by atoms with van der Waals surface area (Å²) in [5.41, 5.74) is 1.05. The molecule has 1 aromatic rings. The molecule has 0 bridgehead atoms. The third kappa shape index (κ3) is 3.21. The molecule has 0 aliphatic carbocycles. The highest BCUT2D eigenvalue weighted by Crippen LogP contribution is 1.97. The van der Waals surface area contributed by atoms with E-state index in [2.05, 4.69) is 24.8 Å². The Hall–Kier alpha value is -1.29. The average Bonchev–Trinajstić information content (AvgIpc) is 2.05. The summed E-state index contributed by atoms with van der Waals surface area (Å²) in [6.45, 7) is 5.15. The van der Waals surface area contributed by atoms with Gasteiger partial charge in [0.05, 0.1) is 0 Å². The van der Waals surface area contributed by atoms with Gasteiger partial charge in [-0.05, 0) is 12.1 Å². The van der Waals surface area contributed by atoms with Gasteiger partial charge in [-0.25, -0.2) is 0 Å². The predicted octanol–water partition coefficient (Wildman–Crippen LogP) is 3.02. The molecule has 0 heterocycles. The maximum atomic E-state index is 4.19. The summed E-state index contributed by atoms with van der Waals surface area (Å²) in [4.78, 5) is 4.19. The van der Waals surface area contributed by atoms with Gasteiger partial charge in [-0.3, -0.25) is 0 Å². The predicted molar refractivity (Wildman–Crippen MR) is 52.5 cm³/mol. The number of rotatable bonds is 1. The molecule has 62 valence electrons. The molecule has 0 aliphatic rings. The van der Waals surface area contributed by atoms with Crippen LogP contribution >= 0.6 is 0 Å². The quantitative estimate of drug-likeness (QED) is 0.594. The molecule has 0 radical (unpaired) electrons. The molecule has 1 rings (SSSR count). The second-order valence-electron chi connectivity index (χ2n) is 3.21. The largest absolute Gasteiger partial charge is 0.311 e. The number of nitrogens with zero attached hydrogens (tertiary/aromatic N) is 1. The van der Waals surface area contributed by atoms with E-state index in [1.165, 1.54) is 0 Å². The summed E-state index contributed by atoms with van der Waals surface area (Å²) in [7, 11) is 0. The van der Waals surface area contributed by atoms with Crippen molar-refractivity contribution >= 4 is 0 Å². The summed E-state index contributed by atoms with van der Waals surface area (Å²) < 4.78 is 0. The lowest BCUT2D eigenvalue weighted by Crippen LogP contribution is -1.88. The zero-order chi connectivity index (χ0) is 8.81. The third-order valence-corrected chi connectivity index (χ3v) is 1.44. The molecule has 0 aromatic heterocycles. The topological polar surface area (TPSA) is 4.36 Å². The zero-order valence-corrected chi connectivity index (χ0v) is 7.62. The molecule has 1 nitrogen and oxygen atoms in total. The summed E-state index contributed by atoms with van der Waals surface area (Å²) in [5, 5.41) is 0. The Bertz CT molecular complexity index is 277. The first-order valence-electron chi connectivity index (χ1n) is 4.26. The molecule has 0 atom stereocenters. The smallest absolute Gasteiger partial charge is 0.0777 e. The minimum absolute atomic E-state index is 0.612. The molecule has 12 heavy (non-hydrogen) atoms. The van der Waals surface area contributed by atoms with Crippen LogP contribution in [0.1, 0.15) is 19.4 Å². The lowest BCUT2D eigenvalue weighted by molar-refractivity contribution is 0.711. The van der Waals surface area contributed by atoms with E-state index < -0.39 is 0 Å². The molecular weight excluding hydrogens is 146 g/mol. The van der Waals surface area contributed by atoms with Gasteiger partial charge >= 0.3 is 6.07 Å². The highest BCUT2D eigenvalue weighted by molar-refractivity contribution is 5.30. The molecular formula is C11H14N+. The van der Waals surface area contributed by atoms with Gasteiger partial charge in [0.15, 0.2) is 0 Å². The van der Waals surface area contributed by atoms with Gasteiger partial charge in [-0.2, -0.15) is 0 Å². The van der Waals surface area contributed by atoms with Crippen LogP contribution in [-0.2, 0) is 0 Å². The molecule has 0 fully saturated rings. The highest BCUT2D eigenvalue weighted by atomic mass is 14.6. The fourth-order valence-electron chi connectivity index (χ4n) is 0.832. The van der Waals surface area contributed by atoms with E-state index in [1.54, 1.807) is 0 Å². The molecule has 0 unspecified atom stereocenters. The maximum absolute atomic E-state index is 4.19. The van der Waals surface area contributed by atoms with E-state index in [0.717, 1.165) is 12.1 Å². The lowest BCUT2D eigenvalue weighted by atomic mass is 10.2. The van der Waals surface area contributed by atoms with Crippen molar-refractivity contribution in [2.45, 2.75) is 13.8 Å². The van der Waals surface area contributed by atoms with Crippen molar-refractivity contribution < 1.29 is 0 Å². The van der Waals surface area contributed by atoms with Gasteiger partial charge < -0.3 is 0 Å². The summed E-state index contributed by atoms with van der Waals surface area (Å²) in [5.74, 6) is 0.612. The van der Waals surface area contributed by atoms with Gasteiger partial charge in [-0.1, -0.05) is 36.9 Å². The number of hydrogen-bond acceptors (Lipinski definition) is 0. The van der Waals surface area contributed by atoms with Crippen LogP contribution in [0.3, 0.4) is 0 Å². The highest BCUT2D eigenvalue weighted by Gasteiger charge is 1.98. The van der Waals surface area contributed by atoms with Crippen molar-refractivity contribution in [3.8, 4) is 6.07 Å². The van der Waals surface area contributed by atoms with E-state index in [0.29, 0.717) is 5.92 Å². The second-order valence-corrected chi connectivity index (χ2v) is 3.21. The van der Waals surface area contributed by atoms with Gasteiger partial charge in [0.2, 0.25) is 0 Å². The van der Waals surface area contributed by atoms with Gasteiger partial charge in [0.1, 0.15) is 5.56 Å². The van der Waals surface area contributed by atoms with Crippen LogP contribution in [-0.4, -0.2) is 6.54 Å². The zero-order valence-electron chi connectivity index (χ0n) is 7.62. The Kier molecular flexibility index (Phi) is 3.35. The van der Waals surface area contributed by atoms with Crippen LogP contribution < -0.4 is 0 Å². The van der Waals surface area contributed by atoms with E-state index in [1.807, 2.05) is 30.3 Å². The van der Waals surface area contributed by atoms with Crippen LogP contribution in [0.4, 0.5) is 0 Å². The Morgan fingerprint density at radius 2 is 1.92 bits per heavy atom. The molecule has 0 saturated carbocycles. The van der Waals surface area contributed by atoms with Crippen molar-refractivity contribution in [3.63, 3.8) is 0 Å². The van der Waals surface area contributed by atoms with Gasteiger partial charge in [0.25, 0.3) is 6.54 Å². The Labute approximate surface area is 73.9 Å². The van der Waals surface area contributed by atoms with Crippen molar-refractivity contribution in [2.24, 2.45) is 5.92 Å². The van der Waals surface area contributed by atoms with Gasteiger partial charge in [-0.15, -0.1) is 0 Å². The van der Waals surface area contributed by atoms with Crippen LogP contribution in [0.15, 0.2) is 30.3 Å². The lowest BCUT2D eigenvalue weighted by Gasteiger charge is -1.83. The first-order chi connectivity index (χ1) is 5.79. The minimum atomic E-state index is 0.612. The molecule has 0 saturated heterocycles. The van der Waals surface area contributed by atoms with Crippen LogP contribution in [0, 0.1) is 12.0 Å². The Morgan fingerprint density at radius 1 is 1.25 bits per heavy atom. The fourth-order valence-corrected chi connectivity index (χ4v) is 0.832. The van der Waals surface area contributed by atoms with Crippen molar-refractivity contribution in [1.29, 1.82) is 0 Å². The summed E-state index contributed by atoms with van der Waals surface area (Å²) >= 11 is 0. The molecule has 1 heteroatoms. The van der Waals surface area contributed by atoms with Crippen LogP contribution in [0.25, 0.3) is 4.85 Å². The van der Waals surface area contributed by atoms with E-state index in [9.17, 15) is 0 Å². The molecule has 0 amide bonds. The molecule has 0 spiro atoms. The van der Waals surface area contributed by atoms with Crippen molar-refractivity contribution in [1.82, 2.24) is 0 Å². The normalized spacial score (nSPS) is 9.25. The fraction of sp³-hybridized carbons (Fsp3) is 0.364. The molecule has 0 aliphatic heterocycles. The minimum Gasteiger partial charge on any atom is -0.0777 e. The van der Waals surface area contributed by atoms with Crippen LogP contribution in [0.5, 0.6) is 0 Å². The Balaban J connectivity index is 2.55. The number of hydrogen-bond donors (Lipinski definition) is 0. The SMILES string of the molecule is CC(C)C[N+]#Cc1ccccc1. The van der Waals surface area contributed by atoms with Gasteiger partial charge in [0, 0.05) is 5.92 Å². The van der Waals surface area contributed by atoms with Crippen LogP contribution in [0.2, 0.25) is 0 Å². The van der Waals surface area contributed by atoms with E-state index in [-0.39, 0.29) is 0 Å².